The zero-order valence-electron chi connectivity index (χ0n) is 10.4. The molecule has 0 aliphatic carbocycles. The Balaban J connectivity index is 3.53. The zero-order valence-corrected chi connectivity index (χ0v) is 10.4. The molecule has 0 bridgehead atoms. The normalized spacial score (nSPS) is 12.3. The number of amides is 2. The van der Waals surface area contributed by atoms with Gasteiger partial charge in [-0.2, -0.15) is 0 Å². The van der Waals surface area contributed by atoms with Crippen molar-refractivity contribution in [1.29, 1.82) is 0 Å². The molecule has 0 aliphatic rings. The van der Waals surface area contributed by atoms with Gasteiger partial charge in [0.2, 0.25) is 11.8 Å². The molecule has 0 aromatic carbocycles. The highest BCUT2D eigenvalue weighted by Crippen LogP contribution is 1.97. The molecule has 1 atom stereocenters. The van der Waals surface area contributed by atoms with E-state index in [1.165, 1.54) is 0 Å². The van der Waals surface area contributed by atoms with Crippen molar-refractivity contribution >= 4 is 11.8 Å². The van der Waals surface area contributed by atoms with Crippen molar-refractivity contribution in [3.63, 3.8) is 0 Å². The SMILES string of the molecule is CC(N)CCCC(=O)NCC(=O)NC(C)C. The number of hydrogen-bond acceptors (Lipinski definition) is 3. The van der Waals surface area contributed by atoms with Crippen LogP contribution in [0.3, 0.4) is 0 Å². The second kappa shape index (κ2) is 8.10. The van der Waals surface area contributed by atoms with Crippen LogP contribution in [0.1, 0.15) is 40.0 Å². The van der Waals surface area contributed by atoms with Gasteiger partial charge in [-0.15, -0.1) is 0 Å². The molecule has 0 rings (SSSR count). The summed E-state index contributed by atoms with van der Waals surface area (Å²) in [6.45, 7) is 5.72. The Kier molecular flexibility index (Phi) is 7.54. The van der Waals surface area contributed by atoms with Crippen LogP contribution in [0.2, 0.25) is 0 Å². The first-order chi connectivity index (χ1) is 7.41. The van der Waals surface area contributed by atoms with Crippen molar-refractivity contribution in [2.75, 3.05) is 6.54 Å². The van der Waals surface area contributed by atoms with Gasteiger partial charge >= 0.3 is 0 Å². The predicted molar refractivity (Wildman–Crippen MR) is 63.8 cm³/mol. The lowest BCUT2D eigenvalue weighted by Crippen LogP contribution is -2.39. The Labute approximate surface area is 97.2 Å². The Morgan fingerprint density at radius 2 is 1.81 bits per heavy atom. The third-order valence-corrected chi connectivity index (χ3v) is 1.96. The second-order valence-corrected chi connectivity index (χ2v) is 4.37. The van der Waals surface area contributed by atoms with Crippen LogP contribution in [0.4, 0.5) is 0 Å². The van der Waals surface area contributed by atoms with E-state index < -0.39 is 0 Å². The summed E-state index contributed by atoms with van der Waals surface area (Å²) in [7, 11) is 0. The number of carbonyl (C=O) groups is 2. The Bertz CT molecular complexity index is 227. The van der Waals surface area contributed by atoms with Gasteiger partial charge in [-0.3, -0.25) is 9.59 Å². The second-order valence-electron chi connectivity index (χ2n) is 4.37. The molecular formula is C11H23N3O2. The third kappa shape index (κ3) is 9.45. The molecule has 0 heterocycles. The van der Waals surface area contributed by atoms with Gasteiger partial charge in [0.25, 0.3) is 0 Å². The van der Waals surface area contributed by atoms with Crippen LogP contribution < -0.4 is 16.4 Å². The lowest BCUT2D eigenvalue weighted by Gasteiger charge is -2.09. The minimum atomic E-state index is -0.157. The topological polar surface area (TPSA) is 84.2 Å². The average molecular weight is 229 g/mol. The third-order valence-electron chi connectivity index (χ3n) is 1.96. The summed E-state index contributed by atoms with van der Waals surface area (Å²) < 4.78 is 0. The first-order valence-electron chi connectivity index (χ1n) is 5.73. The molecule has 0 saturated carbocycles. The lowest BCUT2D eigenvalue weighted by atomic mass is 10.1. The highest BCUT2D eigenvalue weighted by molar-refractivity contribution is 5.84. The van der Waals surface area contributed by atoms with E-state index in [1.54, 1.807) is 0 Å². The van der Waals surface area contributed by atoms with E-state index in [0.717, 1.165) is 12.8 Å². The number of hydrogen-bond donors (Lipinski definition) is 3. The van der Waals surface area contributed by atoms with Gasteiger partial charge in [0.05, 0.1) is 6.54 Å². The molecule has 1 unspecified atom stereocenters. The van der Waals surface area contributed by atoms with Crippen molar-refractivity contribution in [1.82, 2.24) is 10.6 Å². The fourth-order valence-corrected chi connectivity index (χ4v) is 1.22. The lowest BCUT2D eigenvalue weighted by molar-refractivity contribution is -0.126. The smallest absolute Gasteiger partial charge is 0.239 e. The van der Waals surface area contributed by atoms with Gasteiger partial charge in [0, 0.05) is 18.5 Å². The van der Waals surface area contributed by atoms with E-state index in [-0.39, 0.29) is 30.4 Å². The molecule has 0 aromatic rings. The highest BCUT2D eigenvalue weighted by Gasteiger charge is 2.06. The Morgan fingerprint density at radius 1 is 1.19 bits per heavy atom. The van der Waals surface area contributed by atoms with Crippen LogP contribution in [-0.4, -0.2) is 30.4 Å². The van der Waals surface area contributed by atoms with Gasteiger partial charge in [0.15, 0.2) is 0 Å². The molecule has 0 aliphatic heterocycles. The number of carbonyl (C=O) groups excluding carboxylic acids is 2. The van der Waals surface area contributed by atoms with Gasteiger partial charge in [0.1, 0.15) is 0 Å². The van der Waals surface area contributed by atoms with Crippen LogP contribution >= 0.6 is 0 Å². The summed E-state index contributed by atoms with van der Waals surface area (Å²) in [5.74, 6) is -0.255. The molecule has 0 saturated heterocycles. The molecule has 0 fully saturated rings. The molecule has 0 radical (unpaired) electrons. The molecule has 0 spiro atoms. The van der Waals surface area contributed by atoms with Crippen molar-refractivity contribution in [2.24, 2.45) is 5.73 Å². The molecule has 16 heavy (non-hydrogen) atoms. The minimum Gasteiger partial charge on any atom is -0.352 e. The summed E-state index contributed by atoms with van der Waals surface area (Å²) in [6.07, 6.45) is 2.01. The van der Waals surface area contributed by atoms with E-state index in [1.807, 2.05) is 20.8 Å². The molecule has 2 amide bonds. The monoisotopic (exact) mass is 229 g/mol. The van der Waals surface area contributed by atoms with Crippen molar-refractivity contribution in [2.45, 2.75) is 52.1 Å². The number of nitrogens with one attached hydrogen (secondary N) is 2. The van der Waals surface area contributed by atoms with E-state index in [2.05, 4.69) is 10.6 Å². The molecule has 94 valence electrons. The van der Waals surface area contributed by atoms with Crippen molar-refractivity contribution in [3.05, 3.63) is 0 Å². The van der Waals surface area contributed by atoms with Crippen LogP contribution in [-0.2, 0) is 9.59 Å². The van der Waals surface area contributed by atoms with Gasteiger partial charge in [-0.25, -0.2) is 0 Å². The average Bonchev–Trinajstić information content (AvgIpc) is 2.13. The van der Waals surface area contributed by atoms with Gasteiger partial charge in [-0.1, -0.05) is 0 Å². The quantitative estimate of drug-likeness (QED) is 0.581. The Morgan fingerprint density at radius 3 is 2.31 bits per heavy atom. The van der Waals surface area contributed by atoms with Crippen molar-refractivity contribution < 1.29 is 9.59 Å². The standard InChI is InChI=1S/C11H23N3O2/c1-8(2)14-11(16)7-13-10(15)6-4-5-9(3)12/h8-9H,4-7,12H2,1-3H3,(H,13,15)(H,14,16). The Hall–Kier alpha value is -1.10. The van der Waals surface area contributed by atoms with Crippen LogP contribution in [0.15, 0.2) is 0 Å². The van der Waals surface area contributed by atoms with Gasteiger partial charge < -0.3 is 16.4 Å². The van der Waals surface area contributed by atoms with Crippen LogP contribution in [0, 0.1) is 0 Å². The molecular weight excluding hydrogens is 206 g/mol. The first-order valence-corrected chi connectivity index (χ1v) is 5.73. The molecule has 5 heteroatoms. The zero-order chi connectivity index (χ0) is 12.6. The highest BCUT2D eigenvalue weighted by atomic mass is 16.2. The predicted octanol–water partition coefficient (Wildman–Crippen LogP) is 0.145. The summed E-state index contributed by atoms with van der Waals surface area (Å²) in [4.78, 5) is 22.5. The minimum absolute atomic E-state index is 0.0508. The summed E-state index contributed by atoms with van der Waals surface area (Å²) >= 11 is 0. The van der Waals surface area contributed by atoms with E-state index in [0.29, 0.717) is 6.42 Å². The maximum Gasteiger partial charge on any atom is 0.239 e. The fourth-order valence-electron chi connectivity index (χ4n) is 1.22. The fraction of sp³-hybridized carbons (Fsp3) is 0.818. The molecule has 5 nitrogen and oxygen atoms in total. The molecule has 4 N–H and O–H groups in total. The van der Waals surface area contributed by atoms with Crippen LogP contribution in [0.25, 0.3) is 0 Å². The summed E-state index contributed by atoms with van der Waals surface area (Å²) in [6, 6.07) is 0.222. The number of nitrogens with two attached hydrogens (primary N) is 1. The van der Waals surface area contributed by atoms with Crippen molar-refractivity contribution in [3.8, 4) is 0 Å². The largest absolute Gasteiger partial charge is 0.352 e. The maximum absolute atomic E-state index is 11.3. The summed E-state index contributed by atoms with van der Waals surface area (Å²) in [5, 5.41) is 5.27. The van der Waals surface area contributed by atoms with E-state index >= 15 is 0 Å². The first kappa shape index (κ1) is 14.9. The van der Waals surface area contributed by atoms with Gasteiger partial charge in [-0.05, 0) is 33.6 Å². The van der Waals surface area contributed by atoms with Crippen LogP contribution in [0.5, 0.6) is 0 Å². The maximum atomic E-state index is 11.3. The molecule has 0 aromatic heterocycles. The van der Waals surface area contributed by atoms with E-state index in [9.17, 15) is 9.59 Å². The van der Waals surface area contributed by atoms with E-state index in [4.69, 9.17) is 5.73 Å². The summed E-state index contributed by atoms with van der Waals surface area (Å²) in [5.41, 5.74) is 5.56. The number of rotatable bonds is 7.